The van der Waals surface area contributed by atoms with Crippen LogP contribution in [0.1, 0.15) is 80.1 Å². The summed E-state index contributed by atoms with van der Waals surface area (Å²) in [6.45, 7) is 11.3. The number of ether oxygens (including phenoxy) is 3. The predicted molar refractivity (Wildman–Crippen MR) is 81.3 cm³/mol. The van der Waals surface area contributed by atoms with Crippen LogP contribution in [0.5, 0.6) is 0 Å². The molecule has 0 N–H and O–H groups in total. The Morgan fingerprint density at radius 2 is 1.10 bits per heavy atom. The highest BCUT2D eigenvalue weighted by Crippen LogP contribution is 2.21. The maximum Gasteiger partial charge on any atom is 0.519 e. The lowest BCUT2D eigenvalue weighted by Gasteiger charge is -2.26. The van der Waals surface area contributed by atoms with Gasteiger partial charge in [-0.1, -0.05) is 26.7 Å². The summed E-state index contributed by atoms with van der Waals surface area (Å²) in [7, 11) is 0. The van der Waals surface area contributed by atoms with E-state index in [0.717, 1.165) is 38.5 Å². The maximum absolute atomic E-state index is 11.6. The van der Waals surface area contributed by atoms with Crippen molar-refractivity contribution in [2.75, 3.05) is 0 Å². The van der Waals surface area contributed by atoms with Crippen molar-refractivity contribution in [3.05, 3.63) is 0 Å². The Hall–Kier alpha value is -1.26. The molecule has 5 nitrogen and oxygen atoms in total. The van der Waals surface area contributed by atoms with E-state index in [-0.39, 0.29) is 0 Å². The van der Waals surface area contributed by atoms with Gasteiger partial charge in [0.2, 0.25) is 0 Å². The molecule has 0 amide bonds. The van der Waals surface area contributed by atoms with Crippen LogP contribution >= 0.6 is 0 Å². The molecule has 0 aromatic carbocycles. The number of hydrogen-bond donors (Lipinski definition) is 0. The summed E-state index contributed by atoms with van der Waals surface area (Å²) in [5.41, 5.74) is -1.30. The predicted octanol–water partition coefficient (Wildman–Crippen LogP) is 5.21. The number of hydrogen-bond acceptors (Lipinski definition) is 5. The monoisotopic (exact) mass is 302 g/mol. The molecule has 0 fully saturated rings. The van der Waals surface area contributed by atoms with E-state index < -0.39 is 23.5 Å². The van der Waals surface area contributed by atoms with Gasteiger partial charge in [0, 0.05) is 0 Å². The quantitative estimate of drug-likeness (QED) is 0.454. The second-order valence-corrected chi connectivity index (χ2v) is 6.53. The Morgan fingerprint density at radius 1 is 0.762 bits per heavy atom. The van der Waals surface area contributed by atoms with E-state index in [0.29, 0.717) is 0 Å². The van der Waals surface area contributed by atoms with Crippen LogP contribution in [0, 0.1) is 0 Å². The van der Waals surface area contributed by atoms with Gasteiger partial charge in [-0.25, -0.2) is 9.59 Å². The van der Waals surface area contributed by atoms with Crippen LogP contribution in [-0.2, 0) is 14.2 Å². The highest BCUT2D eigenvalue weighted by molar-refractivity contribution is 5.77. The molecule has 0 radical (unpaired) electrons. The van der Waals surface area contributed by atoms with Crippen LogP contribution in [0.4, 0.5) is 9.59 Å². The summed E-state index contributed by atoms with van der Waals surface area (Å²) in [5, 5.41) is 0. The van der Waals surface area contributed by atoms with Gasteiger partial charge in [-0.3, -0.25) is 0 Å². The molecule has 0 spiro atoms. The zero-order chi connectivity index (χ0) is 16.5. The van der Waals surface area contributed by atoms with Crippen molar-refractivity contribution in [2.45, 2.75) is 91.3 Å². The van der Waals surface area contributed by atoms with Crippen molar-refractivity contribution in [3.63, 3.8) is 0 Å². The van der Waals surface area contributed by atoms with E-state index in [1.54, 1.807) is 27.7 Å². The lowest BCUT2D eigenvalue weighted by molar-refractivity contribution is -0.0430. The molecule has 0 heterocycles. The van der Waals surface area contributed by atoms with E-state index in [1.807, 2.05) is 0 Å². The second-order valence-electron chi connectivity index (χ2n) is 6.53. The first kappa shape index (κ1) is 19.7. The smallest absolute Gasteiger partial charge is 0.428 e. The Balaban J connectivity index is 4.23. The topological polar surface area (TPSA) is 61.8 Å². The molecule has 0 saturated carbocycles. The van der Waals surface area contributed by atoms with Crippen molar-refractivity contribution in [1.82, 2.24) is 0 Å². The number of rotatable bonds is 8. The summed E-state index contributed by atoms with van der Waals surface area (Å²) in [4.78, 5) is 23.2. The fraction of sp³-hybridized carbons (Fsp3) is 0.875. The first-order chi connectivity index (χ1) is 9.62. The summed E-state index contributed by atoms with van der Waals surface area (Å²) in [6.07, 6.45) is 3.32. The van der Waals surface area contributed by atoms with Gasteiger partial charge in [0.25, 0.3) is 0 Å². The third-order valence-corrected chi connectivity index (χ3v) is 3.15. The van der Waals surface area contributed by atoms with E-state index in [4.69, 9.17) is 9.47 Å². The van der Waals surface area contributed by atoms with E-state index in [2.05, 4.69) is 18.6 Å². The number of unbranched alkanes of at least 4 members (excludes halogenated alkanes) is 2. The van der Waals surface area contributed by atoms with Gasteiger partial charge in [0.1, 0.15) is 11.2 Å². The molecule has 0 rings (SSSR count). The number of carbonyl (C=O) groups is 2. The van der Waals surface area contributed by atoms with Crippen LogP contribution < -0.4 is 0 Å². The Labute approximate surface area is 128 Å². The van der Waals surface area contributed by atoms with Crippen LogP contribution in [-0.4, -0.2) is 23.5 Å². The van der Waals surface area contributed by atoms with Gasteiger partial charge in [-0.05, 0) is 53.4 Å². The average Bonchev–Trinajstić information content (AvgIpc) is 2.32. The largest absolute Gasteiger partial charge is 0.519 e. The SMILES string of the molecule is CCCCC(C)(C)OC(=O)OC(=O)OC(C)(C)CCCC. The molecule has 0 aliphatic heterocycles. The normalized spacial score (nSPS) is 11.9. The lowest BCUT2D eigenvalue weighted by atomic mass is 10.0. The summed E-state index contributed by atoms with van der Waals surface area (Å²) in [5.74, 6) is 0. The van der Waals surface area contributed by atoms with Gasteiger partial charge in [0.15, 0.2) is 0 Å². The third-order valence-electron chi connectivity index (χ3n) is 3.15. The lowest BCUT2D eigenvalue weighted by Crippen LogP contribution is -2.33. The molecular formula is C16H30O5. The zero-order valence-corrected chi connectivity index (χ0v) is 14.3. The van der Waals surface area contributed by atoms with Crippen molar-refractivity contribution in [1.29, 1.82) is 0 Å². The van der Waals surface area contributed by atoms with Crippen molar-refractivity contribution >= 4 is 12.3 Å². The van der Waals surface area contributed by atoms with Gasteiger partial charge in [-0.15, -0.1) is 0 Å². The Bertz CT molecular complexity index is 302. The van der Waals surface area contributed by atoms with Crippen LogP contribution in [0.25, 0.3) is 0 Å². The number of carbonyl (C=O) groups excluding carboxylic acids is 2. The van der Waals surface area contributed by atoms with Crippen LogP contribution in [0.2, 0.25) is 0 Å². The van der Waals surface area contributed by atoms with Crippen LogP contribution in [0.3, 0.4) is 0 Å². The summed E-state index contributed by atoms with van der Waals surface area (Å²) >= 11 is 0. The minimum Gasteiger partial charge on any atom is -0.428 e. The molecule has 124 valence electrons. The molecule has 0 bridgehead atoms. The molecule has 0 atom stereocenters. The van der Waals surface area contributed by atoms with E-state index in [9.17, 15) is 9.59 Å². The standard InChI is InChI=1S/C16H30O5/c1-7-9-11-15(3,4)20-13(17)19-14(18)21-16(5,6)12-10-8-2/h7-12H2,1-6H3. The first-order valence-corrected chi connectivity index (χ1v) is 7.75. The van der Waals surface area contributed by atoms with Gasteiger partial charge < -0.3 is 14.2 Å². The highest BCUT2D eigenvalue weighted by atomic mass is 16.8. The van der Waals surface area contributed by atoms with Gasteiger partial charge in [-0.2, -0.15) is 0 Å². The molecule has 0 aromatic rings. The van der Waals surface area contributed by atoms with Crippen LogP contribution in [0.15, 0.2) is 0 Å². The maximum atomic E-state index is 11.6. The Morgan fingerprint density at radius 3 is 1.38 bits per heavy atom. The summed E-state index contributed by atoms with van der Waals surface area (Å²) < 4.78 is 14.8. The average molecular weight is 302 g/mol. The van der Waals surface area contributed by atoms with Gasteiger partial charge in [0.05, 0.1) is 0 Å². The molecule has 0 aromatic heterocycles. The van der Waals surface area contributed by atoms with Crippen molar-refractivity contribution in [2.24, 2.45) is 0 Å². The molecule has 0 saturated heterocycles. The molecule has 0 unspecified atom stereocenters. The second kappa shape index (κ2) is 8.90. The van der Waals surface area contributed by atoms with E-state index >= 15 is 0 Å². The molecule has 0 aliphatic carbocycles. The molecule has 0 aliphatic rings. The Kier molecular flexibility index (Phi) is 8.37. The fourth-order valence-corrected chi connectivity index (χ4v) is 1.87. The van der Waals surface area contributed by atoms with Crippen molar-refractivity contribution in [3.8, 4) is 0 Å². The summed E-state index contributed by atoms with van der Waals surface area (Å²) in [6, 6.07) is 0. The molecule has 21 heavy (non-hydrogen) atoms. The fourth-order valence-electron chi connectivity index (χ4n) is 1.87. The molecular weight excluding hydrogens is 272 g/mol. The third kappa shape index (κ3) is 10.2. The zero-order valence-electron chi connectivity index (χ0n) is 14.3. The first-order valence-electron chi connectivity index (χ1n) is 7.75. The minimum absolute atomic E-state index is 0.648. The van der Waals surface area contributed by atoms with Crippen molar-refractivity contribution < 1.29 is 23.8 Å². The minimum atomic E-state index is -1.01. The van der Waals surface area contributed by atoms with Gasteiger partial charge >= 0.3 is 12.3 Å². The van der Waals surface area contributed by atoms with E-state index in [1.165, 1.54) is 0 Å². The molecule has 5 heteroatoms. The highest BCUT2D eigenvalue weighted by Gasteiger charge is 2.28.